The van der Waals surface area contributed by atoms with E-state index in [1.165, 1.54) is 4.31 Å². The molecule has 0 saturated heterocycles. The summed E-state index contributed by atoms with van der Waals surface area (Å²) in [5.41, 5.74) is -0.652. The summed E-state index contributed by atoms with van der Waals surface area (Å²) >= 11 is 0. The third-order valence-corrected chi connectivity index (χ3v) is 4.81. The molecule has 0 aliphatic heterocycles. The minimum atomic E-state index is -3.82. The second-order valence-corrected chi connectivity index (χ2v) is 6.14. The Morgan fingerprint density at radius 3 is 2.42 bits per heavy atom. The fourth-order valence-electron chi connectivity index (χ4n) is 1.78. The van der Waals surface area contributed by atoms with Gasteiger partial charge in [-0.3, -0.25) is 0 Å². The van der Waals surface area contributed by atoms with Gasteiger partial charge in [0.25, 0.3) is 0 Å². The molecule has 19 heavy (non-hydrogen) atoms. The first-order valence-corrected chi connectivity index (χ1v) is 7.20. The highest BCUT2D eigenvalue weighted by molar-refractivity contribution is 7.89. The third kappa shape index (κ3) is 3.10. The highest BCUT2D eigenvalue weighted by Crippen LogP contribution is 2.20. The maximum Gasteiger partial charge on any atom is 0.338 e. The van der Waals surface area contributed by atoms with Crippen LogP contribution in [0.4, 0.5) is 4.39 Å². The fourth-order valence-corrected chi connectivity index (χ4v) is 3.45. The van der Waals surface area contributed by atoms with Crippen molar-refractivity contribution < 1.29 is 22.7 Å². The zero-order valence-electron chi connectivity index (χ0n) is 10.9. The quantitative estimate of drug-likeness (QED) is 0.899. The van der Waals surface area contributed by atoms with Crippen molar-refractivity contribution in [2.24, 2.45) is 0 Å². The Bertz CT molecular complexity index is 583. The molecule has 0 amide bonds. The monoisotopic (exact) mass is 289 g/mol. The van der Waals surface area contributed by atoms with Crippen molar-refractivity contribution in [2.75, 3.05) is 6.54 Å². The number of carboxylic acid groups (broad SMARTS) is 1. The third-order valence-electron chi connectivity index (χ3n) is 2.66. The lowest BCUT2D eigenvalue weighted by molar-refractivity contribution is 0.0691. The molecule has 0 unspecified atom stereocenters. The molecule has 0 spiro atoms. The van der Waals surface area contributed by atoms with Gasteiger partial charge in [-0.05, 0) is 32.0 Å². The molecule has 0 atom stereocenters. The van der Waals surface area contributed by atoms with Gasteiger partial charge in [-0.15, -0.1) is 0 Å². The number of carboxylic acids is 1. The van der Waals surface area contributed by atoms with Crippen LogP contribution in [0.15, 0.2) is 23.1 Å². The zero-order chi connectivity index (χ0) is 14.8. The van der Waals surface area contributed by atoms with E-state index in [2.05, 4.69) is 0 Å². The van der Waals surface area contributed by atoms with Crippen LogP contribution in [0.2, 0.25) is 0 Å². The van der Waals surface area contributed by atoms with Gasteiger partial charge in [0.2, 0.25) is 10.0 Å². The smallest absolute Gasteiger partial charge is 0.338 e. The molecule has 0 saturated carbocycles. The van der Waals surface area contributed by atoms with Gasteiger partial charge < -0.3 is 5.11 Å². The summed E-state index contributed by atoms with van der Waals surface area (Å²) in [6.45, 7) is 5.35. The van der Waals surface area contributed by atoms with Crippen LogP contribution in [0.1, 0.15) is 31.1 Å². The summed E-state index contributed by atoms with van der Waals surface area (Å²) in [4.78, 5) is 10.6. The number of hydrogen-bond acceptors (Lipinski definition) is 3. The van der Waals surface area contributed by atoms with E-state index in [0.717, 1.165) is 18.2 Å². The molecule has 1 N–H and O–H groups in total. The topological polar surface area (TPSA) is 74.7 Å². The molecule has 7 heteroatoms. The second kappa shape index (κ2) is 5.66. The summed E-state index contributed by atoms with van der Waals surface area (Å²) in [6.07, 6.45) is 0. The summed E-state index contributed by atoms with van der Waals surface area (Å²) < 4.78 is 39.1. The standard InChI is InChI=1S/C12H16FNO4S/c1-4-14(8(2)3)19(17,18)9-5-6-11(13)10(7-9)12(15)16/h5-8H,4H2,1-3H3,(H,15,16). The summed E-state index contributed by atoms with van der Waals surface area (Å²) in [5, 5.41) is 8.81. The van der Waals surface area contributed by atoms with Gasteiger partial charge in [-0.25, -0.2) is 17.6 Å². The Balaban J connectivity index is 3.37. The molecule has 1 aromatic carbocycles. The molecule has 0 bridgehead atoms. The predicted molar refractivity (Wildman–Crippen MR) is 68.1 cm³/mol. The zero-order valence-corrected chi connectivity index (χ0v) is 11.7. The van der Waals surface area contributed by atoms with Crippen LogP contribution >= 0.6 is 0 Å². The van der Waals surface area contributed by atoms with Crippen molar-refractivity contribution >= 4 is 16.0 Å². The summed E-state index contributed by atoms with van der Waals surface area (Å²) in [5.74, 6) is -2.46. The minimum Gasteiger partial charge on any atom is -0.478 e. The number of carbonyl (C=O) groups is 1. The number of rotatable bonds is 5. The molecule has 0 aliphatic carbocycles. The lowest BCUT2D eigenvalue weighted by Gasteiger charge is -2.24. The van der Waals surface area contributed by atoms with Crippen LogP contribution in [0.3, 0.4) is 0 Å². The molecule has 0 aliphatic rings. The molecule has 1 rings (SSSR count). The van der Waals surface area contributed by atoms with Gasteiger partial charge in [0.15, 0.2) is 0 Å². The van der Waals surface area contributed by atoms with Gasteiger partial charge in [0, 0.05) is 12.6 Å². The average molecular weight is 289 g/mol. The van der Waals surface area contributed by atoms with Gasteiger partial charge >= 0.3 is 5.97 Å². The number of halogens is 1. The Labute approximate surface area is 111 Å². The first-order valence-electron chi connectivity index (χ1n) is 5.76. The summed E-state index contributed by atoms with van der Waals surface area (Å²) in [6, 6.07) is 2.50. The Morgan fingerprint density at radius 2 is 2.00 bits per heavy atom. The normalized spacial score (nSPS) is 12.1. The molecule has 0 aromatic heterocycles. The van der Waals surface area contributed by atoms with E-state index in [4.69, 9.17) is 5.11 Å². The molecule has 5 nitrogen and oxygen atoms in total. The van der Waals surface area contributed by atoms with E-state index < -0.39 is 27.4 Å². The Morgan fingerprint density at radius 1 is 1.42 bits per heavy atom. The maximum absolute atomic E-state index is 13.3. The van der Waals surface area contributed by atoms with Gasteiger partial charge in [0.05, 0.1) is 10.5 Å². The molecule has 1 aromatic rings. The molecule has 0 fully saturated rings. The SMILES string of the molecule is CCN(C(C)C)S(=O)(=O)c1ccc(F)c(C(=O)O)c1. The Kier molecular flexibility index (Phi) is 4.65. The number of benzene rings is 1. The van der Waals surface area contributed by atoms with Crippen LogP contribution in [0.5, 0.6) is 0 Å². The van der Waals surface area contributed by atoms with E-state index in [1.54, 1.807) is 20.8 Å². The van der Waals surface area contributed by atoms with Gasteiger partial charge in [-0.1, -0.05) is 6.92 Å². The number of nitrogens with zero attached hydrogens (tertiary/aromatic N) is 1. The first-order chi connectivity index (χ1) is 8.71. The molecule has 0 heterocycles. The Hall–Kier alpha value is -1.47. The van der Waals surface area contributed by atoms with E-state index in [-0.39, 0.29) is 17.5 Å². The summed E-state index contributed by atoms with van der Waals surface area (Å²) in [7, 11) is -3.82. The van der Waals surface area contributed by atoms with Crippen molar-refractivity contribution in [2.45, 2.75) is 31.7 Å². The molecular weight excluding hydrogens is 273 g/mol. The minimum absolute atomic E-state index is 0.221. The molecule has 0 radical (unpaired) electrons. The van der Waals surface area contributed by atoms with Crippen LogP contribution in [-0.4, -0.2) is 36.4 Å². The highest BCUT2D eigenvalue weighted by atomic mass is 32.2. The van der Waals surface area contributed by atoms with E-state index in [9.17, 15) is 17.6 Å². The van der Waals surface area contributed by atoms with Crippen molar-refractivity contribution in [3.8, 4) is 0 Å². The fraction of sp³-hybridized carbons (Fsp3) is 0.417. The first kappa shape index (κ1) is 15.6. The lowest BCUT2D eigenvalue weighted by atomic mass is 10.2. The van der Waals surface area contributed by atoms with Crippen LogP contribution in [0.25, 0.3) is 0 Å². The highest BCUT2D eigenvalue weighted by Gasteiger charge is 2.27. The second-order valence-electron chi connectivity index (χ2n) is 4.25. The number of sulfonamides is 1. The van der Waals surface area contributed by atoms with E-state index >= 15 is 0 Å². The van der Waals surface area contributed by atoms with Crippen molar-refractivity contribution in [3.63, 3.8) is 0 Å². The number of hydrogen-bond donors (Lipinski definition) is 1. The molecule has 106 valence electrons. The largest absolute Gasteiger partial charge is 0.478 e. The van der Waals surface area contributed by atoms with Crippen LogP contribution < -0.4 is 0 Å². The van der Waals surface area contributed by atoms with Crippen molar-refractivity contribution in [1.29, 1.82) is 0 Å². The predicted octanol–water partition coefficient (Wildman–Crippen LogP) is 1.94. The maximum atomic E-state index is 13.3. The van der Waals surface area contributed by atoms with E-state index in [1.807, 2.05) is 0 Å². The van der Waals surface area contributed by atoms with Crippen LogP contribution in [0, 0.1) is 5.82 Å². The van der Waals surface area contributed by atoms with Crippen LogP contribution in [-0.2, 0) is 10.0 Å². The van der Waals surface area contributed by atoms with Gasteiger partial charge in [-0.2, -0.15) is 4.31 Å². The van der Waals surface area contributed by atoms with Crippen molar-refractivity contribution in [3.05, 3.63) is 29.6 Å². The molecular formula is C12H16FNO4S. The number of aromatic carboxylic acids is 1. The lowest BCUT2D eigenvalue weighted by Crippen LogP contribution is -2.36. The van der Waals surface area contributed by atoms with Crippen molar-refractivity contribution in [1.82, 2.24) is 4.31 Å². The van der Waals surface area contributed by atoms with Gasteiger partial charge in [0.1, 0.15) is 5.82 Å². The van der Waals surface area contributed by atoms with E-state index in [0.29, 0.717) is 0 Å². The average Bonchev–Trinajstić information content (AvgIpc) is 2.28.